The molecule has 1 aromatic carbocycles. The van der Waals surface area contributed by atoms with Crippen molar-refractivity contribution < 1.29 is 24.6 Å². The van der Waals surface area contributed by atoms with Crippen LogP contribution in [0.4, 0.5) is 0 Å². The summed E-state index contributed by atoms with van der Waals surface area (Å²) in [5.74, 6) is -1.93. The van der Waals surface area contributed by atoms with Crippen molar-refractivity contribution in [2.75, 3.05) is 5.88 Å². The Hall–Kier alpha value is -2.40. The van der Waals surface area contributed by atoms with Gasteiger partial charge in [0.1, 0.15) is 0 Å². The molecular weight excluding hydrogens is 332 g/mol. The number of hydrogen-bond acceptors (Lipinski definition) is 3. The van der Waals surface area contributed by atoms with Gasteiger partial charge in [0.15, 0.2) is 5.78 Å². The van der Waals surface area contributed by atoms with Crippen LogP contribution in [0.3, 0.4) is 0 Å². The number of hydrogen-bond donors (Lipinski definition) is 2. The normalized spacial score (nSPS) is 9.33. The summed E-state index contributed by atoms with van der Waals surface area (Å²) in [6.45, 7) is 12.4. The lowest BCUT2D eigenvalue weighted by Crippen LogP contribution is -2.11. The number of alkyl halides is 1. The minimum Gasteiger partial charge on any atom is -0.478 e. The Morgan fingerprint density at radius 1 is 1.00 bits per heavy atom. The molecule has 6 heteroatoms. The van der Waals surface area contributed by atoms with Gasteiger partial charge in [-0.1, -0.05) is 58.2 Å². The maximum atomic E-state index is 11.2. The molecule has 0 amide bonds. The largest absolute Gasteiger partial charge is 0.478 e. The summed E-state index contributed by atoms with van der Waals surface area (Å²) in [5, 5.41) is 15.2. The van der Waals surface area contributed by atoms with Crippen LogP contribution in [0.2, 0.25) is 0 Å². The Balaban J connectivity index is 0. The summed E-state index contributed by atoms with van der Waals surface area (Å²) in [7, 11) is 0. The van der Waals surface area contributed by atoms with Crippen molar-refractivity contribution in [1.82, 2.24) is 0 Å². The van der Waals surface area contributed by atoms with E-state index in [4.69, 9.17) is 21.8 Å². The van der Waals surface area contributed by atoms with Crippen LogP contribution in [0.15, 0.2) is 49.6 Å². The van der Waals surface area contributed by atoms with Crippen LogP contribution in [0.5, 0.6) is 0 Å². The van der Waals surface area contributed by atoms with Crippen LogP contribution in [-0.4, -0.2) is 33.8 Å². The molecule has 5 nitrogen and oxygen atoms in total. The molecule has 0 spiro atoms. The van der Waals surface area contributed by atoms with Gasteiger partial charge in [-0.3, -0.25) is 4.79 Å². The average molecular weight is 355 g/mol. The maximum Gasteiger partial charge on any atom is 0.327 e. The molecule has 2 N–H and O–H groups in total. The van der Waals surface area contributed by atoms with E-state index in [-0.39, 0.29) is 17.1 Å². The number of carboxylic acid groups (broad SMARTS) is 2. The molecule has 0 heterocycles. The van der Waals surface area contributed by atoms with Crippen LogP contribution in [0, 0.1) is 0 Å². The van der Waals surface area contributed by atoms with Gasteiger partial charge in [0.05, 0.1) is 5.88 Å². The monoisotopic (exact) mass is 354 g/mol. The van der Waals surface area contributed by atoms with Crippen LogP contribution < -0.4 is 0 Å². The van der Waals surface area contributed by atoms with Gasteiger partial charge in [0.25, 0.3) is 0 Å². The lowest BCUT2D eigenvalue weighted by atomic mass is 9.86. The first kappa shape index (κ1) is 23.9. The number of ketones is 1. The maximum absolute atomic E-state index is 11.2. The zero-order valence-corrected chi connectivity index (χ0v) is 14.8. The molecule has 0 fully saturated rings. The molecule has 24 heavy (non-hydrogen) atoms. The van der Waals surface area contributed by atoms with Crippen molar-refractivity contribution in [3.8, 4) is 0 Å². The Bertz CT molecular complexity index is 550. The first-order valence-corrected chi connectivity index (χ1v) is 7.43. The number of carbonyl (C=O) groups excluding carboxylic acids is 1. The second-order valence-electron chi connectivity index (χ2n) is 5.47. The van der Waals surface area contributed by atoms with E-state index in [1.807, 2.05) is 24.3 Å². The summed E-state index contributed by atoms with van der Waals surface area (Å²) in [6, 6.07) is 7.65. The lowest BCUT2D eigenvalue weighted by molar-refractivity contribution is -0.132. The predicted octanol–water partition coefficient (Wildman–Crippen LogP) is 3.92. The molecule has 0 aromatic heterocycles. The third-order valence-electron chi connectivity index (χ3n) is 2.54. The second-order valence-corrected chi connectivity index (χ2v) is 5.74. The summed E-state index contributed by atoms with van der Waals surface area (Å²) in [6.07, 6.45) is 1.67. The van der Waals surface area contributed by atoms with Crippen molar-refractivity contribution >= 4 is 29.3 Å². The Labute approximate surface area is 147 Å². The Morgan fingerprint density at radius 2 is 1.33 bits per heavy atom. The van der Waals surface area contributed by atoms with Crippen LogP contribution in [0.1, 0.15) is 36.7 Å². The standard InChI is InChI=1S/C12H15ClO.2C3H4O2/c1-12(2,3)10-6-4-9(5-7-10)11(14)8-13;2*1-2-3(4)5/h4-7H,8H2,1-3H3;2*2H,1H2,(H,4,5). The molecule has 0 radical (unpaired) electrons. The number of Topliss-reactive ketones (excluding diaryl/α,β-unsaturated/α-hetero) is 1. The third kappa shape index (κ3) is 12.2. The van der Waals surface area contributed by atoms with E-state index in [2.05, 4.69) is 33.9 Å². The predicted molar refractivity (Wildman–Crippen MR) is 95.9 cm³/mol. The fourth-order valence-corrected chi connectivity index (χ4v) is 1.39. The number of benzene rings is 1. The number of carbonyl (C=O) groups is 3. The molecule has 0 atom stereocenters. The minimum absolute atomic E-state index is 0.0212. The van der Waals surface area contributed by atoms with Crippen LogP contribution in [-0.2, 0) is 15.0 Å². The summed E-state index contributed by atoms with van der Waals surface area (Å²) < 4.78 is 0. The highest BCUT2D eigenvalue weighted by molar-refractivity contribution is 6.30. The topological polar surface area (TPSA) is 91.7 Å². The molecule has 1 rings (SSSR count). The fraction of sp³-hybridized carbons (Fsp3) is 0.278. The Morgan fingerprint density at radius 3 is 1.54 bits per heavy atom. The van der Waals surface area contributed by atoms with Gasteiger partial charge in [-0.05, 0) is 11.0 Å². The Kier molecular flexibility index (Phi) is 12.0. The van der Waals surface area contributed by atoms with Crippen molar-refractivity contribution in [3.63, 3.8) is 0 Å². The van der Waals surface area contributed by atoms with Gasteiger partial charge >= 0.3 is 11.9 Å². The van der Waals surface area contributed by atoms with E-state index in [9.17, 15) is 14.4 Å². The highest BCUT2D eigenvalue weighted by atomic mass is 35.5. The second kappa shape index (κ2) is 12.1. The number of aliphatic carboxylic acids is 2. The fourth-order valence-electron chi connectivity index (χ4n) is 1.23. The molecule has 132 valence electrons. The highest BCUT2D eigenvalue weighted by Gasteiger charge is 2.13. The van der Waals surface area contributed by atoms with Gasteiger partial charge in [-0.25, -0.2) is 9.59 Å². The molecule has 0 saturated heterocycles. The lowest BCUT2D eigenvalue weighted by Gasteiger charge is -2.18. The minimum atomic E-state index is -0.981. The third-order valence-corrected chi connectivity index (χ3v) is 2.79. The molecule has 0 saturated carbocycles. The molecule has 1 aromatic rings. The van der Waals surface area contributed by atoms with Gasteiger partial charge in [-0.2, -0.15) is 0 Å². The van der Waals surface area contributed by atoms with Crippen LogP contribution in [0.25, 0.3) is 0 Å². The molecule has 0 aliphatic carbocycles. The average Bonchev–Trinajstić information content (AvgIpc) is 2.54. The molecule has 0 unspecified atom stereocenters. The number of halogens is 1. The summed E-state index contributed by atoms with van der Waals surface area (Å²) in [5.41, 5.74) is 2.04. The van der Waals surface area contributed by atoms with Crippen molar-refractivity contribution in [2.24, 2.45) is 0 Å². The molecule has 0 bridgehead atoms. The molecule has 0 aliphatic rings. The van der Waals surface area contributed by atoms with Crippen molar-refractivity contribution in [3.05, 3.63) is 60.7 Å². The van der Waals surface area contributed by atoms with Gasteiger partial charge in [0, 0.05) is 17.7 Å². The van der Waals surface area contributed by atoms with Crippen molar-refractivity contribution in [1.29, 1.82) is 0 Å². The first-order chi connectivity index (χ1) is 11.0. The van der Waals surface area contributed by atoms with E-state index < -0.39 is 11.9 Å². The van der Waals surface area contributed by atoms with Gasteiger partial charge < -0.3 is 10.2 Å². The van der Waals surface area contributed by atoms with E-state index >= 15 is 0 Å². The molecule has 0 aliphatic heterocycles. The number of carboxylic acids is 2. The summed E-state index contributed by atoms with van der Waals surface area (Å²) in [4.78, 5) is 29.7. The van der Waals surface area contributed by atoms with Crippen molar-refractivity contribution in [2.45, 2.75) is 26.2 Å². The zero-order chi connectivity index (χ0) is 19.3. The first-order valence-electron chi connectivity index (χ1n) is 6.90. The van der Waals surface area contributed by atoms with E-state index in [0.29, 0.717) is 5.56 Å². The van der Waals surface area contributed by atoms with Crippen LogP contribution >= 0.6 is 11.6 Å². The van der Waals surface area contributed by atoms with E-state index in [0.717, 1.165) is 12.2 Å². The number of rotatable bonds is 4. The SMILES string of the molecule is C=CC(=O)O.C=CC(=O)O.CC(C)(C)c1ccc(C(=O)CCl)cc1. The smallest absolute Gasteiger partial charge is 0.327 e. The summed E-state index contributed by atoms with van der Waals surface area (Å²) >= 11 is 5.47. The van der Waals surface area contributed by atoms with Gasteiger partial charge in [-0.15, -0.1) is 11.6 Å². The van der Waals surface area contributed by atoms with E-state index in [1.54, 1.807) is 0 Å². The van der Waals surface area contributed by atoms with Gasteiger partial charge in [0.2, 0.25) is 0 Å². The quantitative estimate of drug-likeness (QED) is 0.485. The zero-order valence-electron chi connectivity index (χ0n) is 14.1. The van der Waals surface area contributed by atoms with E-state index in [1.165, 1.54) is 5.56 Å². The molecular formula is C18H23ClO5. The highest BCUT2D eigenvalue weighted by Crippen LogP contribution is 2.22.